The van der Waals surface area contributed by atoms with Gasteiger partial charge in [-0.3, -0.25) is 0 Å². The van der Waals surface area contributed by atoms with Gasteiger partial charge in [0.15, 0.2) is 0 Å². The number of para-hydroxylation sites is 1. The van der Waals surface area contributed by atoms with Crippen LogP contribution in [0.1, 0.15) is 11.4 Å². The Morgan fingerprint density at radius 2 is 1.45 bits per heavy atom. The maximum absolute atomic E-state index is 12.9. The zero-order valence-electron chi connectivity index (χ0n) is 16.3. The van der Waals surface area contributed by atoms with Crippen molar-refractivity contribution in [3.63, 3.8) is 0 Å². The molecule has 0 aliphatic rings. The van der Waals surface area contributed by atoms with Crippen molar-refractivity contribution in [2.75, 3.05) is 7.11 Å². The van der Waals surface area contributed by atoms with Crippen LogP contribution in [0.15, 0.2) is 83.7 Å². The summed E-state index contributed by atoms with van der Waals surface area (Å²) in [5.41, 5.74) is 1.54. The zero-order chi connectivity index (χ0) is 20.2. The molecule has 6 heteroatoms. The van der Waals surface area contributed by atoms with Crippen molar-refractivity contribution in [2.45, 2.75) is 13.5 Å². The number of benzene rings is 3. The summed E-state index contributed by atoms with van der Waals surface area (Å²) >= 11 is 0. The van der Waals surface area contributed by atoms with Crippen LogP contribution in [0.5, 0.6) is 17.2 Å². The summed E-state index contributed by atoms with van der Waals surface area (Å²) in [4.78, 5) is 12.9. The van der Waals surface area contributed by atoms with Gasteiger partial charge in [0.05, 0.1) is 19.3 Å². The Hall–Kier alpha value is -3.80. The number of aromatic nitrogens is 3. The van der Waals surface area contributed by atoms with E-state index in [2.05, 4.69) is 5.10 Å². The minimum absolute atomic E-state index is 0.185. The van der Waals surface area contributed by atoms with Crippen molar-refractivity contribution in [3.8, 4) is 22.9 Å². The van der Waals surface area contributed by atoms with E-state index in [4.69, 9.17) is 9.47 Å². The molecule has 4 rings (SSSR count). The van der Waals surface area contributed by atoms with E-state index >= 15 is 0 Å². The number of rotatable bonds is 6. The van der Waals surface area contributed by atoms with E-state index in [1.54, 1.807) is 11.7 Å². The summed E-state index contributed by atoms with van der Waals surface area (Å²) < 4.78 is 14.0. The number of hydrogen-bond donors (Lipinski definition) is 0. The van der Waals surface area contributed by atoms with E-state index < -0.39 is 0 Å². The quantitative estimate of drug-likeness (QED) is 0.498. The average Bonchev–Trinajstić information content (AvgIpc) is 3.03. The SMILES string of the molecule is COc1ccc(Cn2nc(C)n(-c3ccc(Oc4ccccc4)cc3)c2=O)cc1. The van der Waals surface area contributed by atoms with Gasteiger partial charge < -0.3 is 9.47 Å². The summed E-state index contributed by atoms with van der Waals surface area (Å²) in [6.45, 7) is 2.21. The molecule has 0 saturated heterocycles. The van der Waals surface area contributed by atoms with Gasteiger partial charge in [0.1, 0.15) is 23.1 Å². The van der Waals surface area contributed by atoms with Crippen LogP contribution >= 0.6 is 0 Å². The summed E-state index contributed by atoms with van der Waals surface area (Å²) in [5, 5.41) is 4.42. The molecule has 0 aliphatic carbocycles. The molecule has 0 N–H and O–H groups in total. The normalized spacial score (nSPS) is 10.7. The number of nitrogens with zero attached hydrogens (tertiary/aromatic N) is 3. The first-order chi connectivity index (χ1) is 14.1. The van der Waals surface area contributed by atoms with E-state index in [1.165, 1.54) is 4.68 Å². The molecule has 0 bridgehead atoms. The van der Waals surface area contributed by atoms with Crippen LogP contribution in [-0.2, 0) is 6.54 Å². The molecule has 0 fully saturated rings. The predicted molar refractivity (Wildman–Crippen MR) is 111 cm³/mol. The molecule has 6 nitrogen and oxygen atoms in total. The Morgan fingerprint density at radius 1 is 0.828 bits per heavy atom. The molecule has 0 amide bonds. The lowest BCUT2D eigenvalue weighted by Gasteiger charge is -2.07. The topological polar surface area (TPSA) is 58.3 Å². The first-order valence-electron chi connectivity index (χ1n) is 9.27. The number of methoxy groups -OCH3 is 1. The molecule has 0 aliphatic heterocycles. The molecule has 0 unspecified atom stereocenters. The number of ether oxygens (including phenoxy) is 2. The zero-order valence-corrected chi connectivity index (χ0v) is 16.3. The van der Waals surface area contributed by atoms with Crippen LogP contribution in [0.4, 0.5) is 0 Å². The number of hydrogen-bond acceptors (Lipinski definition) is 4. The van der Waals surface area contributed by atoms with Gasteiger partial charge in [-0.1, -0.05) is 30.3 Å². The van der Waals surface area contributed by atoms with Gasteiger partial charge in [0, 0.05) is 0 Å². The molecule has 1 aromatic heterocycles. The lowest BCUT2D eigenvalue weighted by molar-refractivity contribution is 0.414. The van der Waals surface area contributed by atoms with Crippen molar-refractivity contribution in [2.24, 2.45) is 0 Å². The van der Waals surface area contributed by atoms with E-state index in [9.17, 15) is 4.79 Å². The predicted octanol–water partition coefficient (Wildman–Crippen LogP) is 4.19. The Morgan fingerprint density at radius 3 is 2.10 bits per heavy atom. The van der Waals surface area contributed by atoms with Crippen LogP contribution in [-0.4, -0.2) is 21.5 Å². The van der Waals surface area contributed by atoms with Gasteiger partial charge in [-0.25, -0.2) is 14.0 Å². The van der Waals surface area contributed by atoms with Crippen molar-refractivity contribution >= 4 is 0 Å². The fourth-order valence-electron chi connectivity index (χ4n) is 3.11. The fraction of sp³-hybridized carbons (Fsp3) is 0.130. The second-order valence-electron chi connectivity index (χ2n) is 6.58. The Bertz CT molecular complexity index is 1140. The molecule has 3 aromatic carbocycles. The summed E-state index contributed by atoms with van der Waals surface area (Å²) in [7, 11) is 1.63. The van der Waals surface area contributed by atoms with Gasteiger partial charge in [0.25, 0.3) is 0 Å². The standard InChI is InChI=1S/C23H21N3O3/c1-17-24-25(16-18-8-12-20(28-2)13-9-18)23(27)26(17)19-10-14-22(15-11-19)29-21-6-4-3-5-7-21/h3-15H,16H2,1-2H3. The Kier molecular flexibility index (Phi) is 5.16. The van der Waals surface area contributed by atoms with Crippen LogP contribution in [0, 0.1) is 6.92 Å². The van der Waals surface area contributed by atoms with Crippen LogP contribution in [0.25, 0.3) is 5.69 Å². The minimum atomic E-state index is -0.185. The van der Waals surface area contributed by atoms with E-state index in [-0.39, 0.29) is 5.69 Å². The monoisotopic (exact) mass is 387 g/mol. The second-order valence-corrected chi connectivity index (χ2v) is 6.58. The number of aryl methyl sites for hydroxylation is 1. The van der Waals surface area contributed by atoms with Crippen LogP contribution < -0.4 is 15.2 Å². The third-order valence-electron chi connectivity index (χ3n) is 4.57. The highest BCUT2D eigenvalue weighted by atomic mass is 16.5. The summed E-state index contributed by atoms with van der Waals surface area (Å²) in [6.07, 6.45) is 0. The van der Waals surface area contributed by atoms with E-state index in [0.717, 1.165) is 22.7 Å². The molecule has 0 radical (unpaired) electrons. The molecule has 1 heterocycles. The highest BCUT2D eigenvalue weighted by Gasteiger charge is 2.12. The van der Waals surface area contributed by atoms with Crippen molar-refractivity contribution < 1.29 is 9.47 Å². The average molecular weight is 387 g/mol. The van der Waals surface area contributed by atoms with Crippen molar-refractivity contribution in [1.29, 1.82) is 0 Å². The van der Waals surface area contributed by atoms with Crippen molar-refractivity contribution in [1.82, 2.24) is 14.3 Å². The Balaban J connectivity index is 1.56. The van der Waals surface area contributed by atoms with Gasteiger partial charge in [0.2, 0.25) is 0 Å². The van der Waals surface area contributed by atoms with Gasteiger partial charge in [-0.15, -0.1) is 0 Å². The molecule has 4 aromatic rings. The molecule has 29 heavy (non-hydrogen) atoms. The fourth-order valence-corrected chi connectivity index (χ4v) is 3.11. The largest absolute Gasteiger partial charge is 0.497 e. The van der Waals surface area contributed by atoms with Crippen LogP contribution in [0.3, 0.4) is 0 Å². The third kappa shape index (κ3) is 4.06. The molecule has 0 atom stereocenters. The molecular weight excluding hydrogens is 366 g/mol. The second kappa shape index (κ2) is 8.06. The van der Waals surface area contributed by atoms with Crippen LogP contribution in [0.2, 0.25) is 0 Å². The molecule has 0 spiro atoms. The molecule has 146 valence electrons. The summed E-state index contributed by atoms with van der Waals surface area (Å²) in [5.74, 6) is 2.87. The first kappa shape index (κ1) is 18.6. The van der Waals surface area contributed by atoms with Gasteiger partial charge in [-0.05, 0) is 61.0 Å². The van der Waals surface area contributed by atoms with Gasteiger partial charge >= 0.3 is 5.69 Å². The minimum Gasteiger partial charge on any atom is -0.497 e. The third-order valence-corrected chi connectivity index (χ3v) is 4.57. The highest BCUT2D eigenvalue weighted by Crippen LogP contribution is 2.22. The van der Waals surface area contributed by atoms with Gasteiger partial charge in [-0.2, -0.15) is 5.10 Å². The highest BCUT2D eigenvalue weighted by molar-refractivity contribution is 5.40. The van der Waals surface area contributed by atoms with E-state index in [0.29, 0.717) is 18.1 Å². The maximum atomic E-state index is 12.9. The first-order valence-corrected chi connectivity index (χ1v) is 9.27. The maximum Gasteiger partial charge on any atom is 0.350 e. The molecular formula is C23H21N3O3. The summed E-state index contributed by atoms with van der Waals surface area (Å²) in [6, 6.07) is 24.6. The lowest BCUT2D eigenvalue weighted by Crippen LogP contribution is -2.24. The Labute approximate surface area is 168 Å². The van der Waals surface area contributed by atoms with E-state index in [1.807, 2.05) is 85.8 Å². The van der Waals surface area contributed by atoms with Crippen molar-refractivity contribution in [3.05, 3.63) is 101 Å². The smallest absolute Gasteiger partial charge is 0.350 e. The molecule has 0 saturated carbocycles. The lowest BCUT2D eigenvalue weighted by atomic mass is 10.2.